The molecule has 0 aliphatic heterocycles. The van der Waals surface area contributed by atoms with Crippen LogP contribution in [-0.4, -0.2) is 10.9 Å². The molecule has 2 N–H and O–H groups in total. The molecule has 0 bridgehead atoms. The number of carbonyl (C=O) groups is 1. The molecule has 0 fully saturated rings. The summed E-state index contributed by atoms with van der Waals surface area (Å²) in [6.07, 6.45) is 6.98. The zero-order valence-electron chi connectivity index (χ0n) is 9.44. The molecule has 2 rings (SSSR count). The molecule has 0 aliphatic carbocycles. The van der Waals surface area contributed by atoms with E-state index in [0.717, 1.165) is 0 Å². The molecule has 0 unspecified atom stereocenters. The molecule has 0 radical (unpaired) electrons. The summed E-state index contributed by atoms with van der Waals surface area (Å²) in [6.45, 7) is 0. The Hall–Kier alpha value is -2.38. The molecule has 1 aromatic carbocycles. The van der Waals surface area contributed by atoms with Crippen molar-refractivity contribution in [3.05, 3.63) is 58.4 Å². The number of aromatic amines is 1. The largest absolute Gasteiger partial charge is 0.352 e. The maximum Gasteiger partial charge on any atom is 0.258 e. The van der Waals surface area contributed by atoms with E-state index in [0.29, 0.717) is 21.5 Å². The van der Waals surface area contributed by atoms with Gasteiger partial charge in [0.2, 0.25) is 0 Å². The van der Waals surface area contributed by atoms with Crippen LogP contribution in [0.4, 0.5) is 5.69 Å². The Kier molecular flexibility index (Phi) is 3.56. The first-order valence-electron chi connectivity index (χ1n) is 5.26. The summed E-state index contributed by atoms with van der Waals surface area (Å²) in [4.78, 5) is 14.8. The first-order chi connectivity index (χ1) is 8.70. The van der Waals surface area contributed by atoms with E-state index in [-0.39, 0.29) is 5.91 Å². The number of anilines is 1. The van der Waals surface area contributed by atoms with Gasteiger partial charge in [0.25, 0.3) is 5.91 Å². The molecule has 0 spiro atoms. The van der Waals surface area contributed by atoms with E-state index in [9.17, 15) is 4.79 Å². The van der Waals surface area contributed by atoms with Crippen LogP contribution in [0.15, 0.2) is 42.6 Å². The molecule has 0 aliphatic rings. The van der Waals surface area contributed by atoms with E-state index in [1.807, 2.05) is 0 Å². The van der Waals surface area contributed by atoms with E-state index in [1.54, 1.807) is 42.6 Å². The molecular weight excluding hydrogens is 244 g/mol. The van der Waals surface area contributed by atoms with Gasteiger partial charge in [-0.1, -0.05) is 24.2 Å². The quantitative estimate of drug-likeness (QED) is 0.639. The Morgan fingerprint density at radius 1 is 1.33 bits per heavy atom. The Balaban J connectivity index is 2.25. The lowest BCUT2D eigenvalue weighted by atomic mass is 10.2. The van der Waals surface area contributed by atoms with E-state index < -0.39 is 0 Å². The second-order valence-electron chi connectivity index (χ2n) is 3.59. The smallest absolute Gasteiger partial charge is 0.258 e. The van der Waals surface area contributed by atoms with Crippen LogP contribution >= 0.6 is 12.2 Å². The molecule has 18 heavy (non-hydrogen) atoms. The molecule has 88 valence electrons. The minimum atomic E-state index is -0.258. The van der Waals surface area contributed by atoms with Crippen LogP contribution < -0.4 is 5.32 Å². The van der Waals surface area contributed by atoms with Crippen molar-refractivity contribution < 1.29 is 4.79 Å². The highest BCUT2D eigenvalue weighted by molar-refractivity contribution is 7.71. The topological polar surface area (TPSA) is 44.9 Å². The second-order valence-corrected chi connectivity index (χ2v) is 4.00. The van der Waals surface area contributed by atoms with Crippen molar-refractivity contribution in [2.24, 2.45) is 0 Å². The number of benzene rings is 1. The zero-order chi connectivity index (χ0) is 13.0. The van der Waals surface area contributed by atoms with Crippen molar-refractivity contribution in [3.8, 4) is 12.3 Å². The van der Waals surface area contributed by atoms with Gasteiger partial charge in [-0.05, 0) is 30.3 Å². The summed E-state index contributed by atoms with van der Waals surface area (Å²) in [5.74, 6) is 2.26. The predicted molar refractivity (Wildman–Crippen MR) is 74.0 cm³/mol. The highest BCUT2D eigenvalue weighted by Crippen LogP contribution is 2.11. The highest BCUT2D eigenvalue weighted by atomic mass is 32.1. The second kappa shape index (κ2) is 5.30. The third-order valence-corrected chi connectivity index (χ3v) is 2.69. The Bertz CT molecular complexity index is 682. The molecule has 1 amide bonds. The van der Waals surface area contributed by atoms with Crippen LogP contribution in [0.25, 0.3) is 0 Å². The number of amides is 1. The molecule has 1 heterocycles. The predicted octanol–water partition coefficient (Wildman–Crippen LogP) is 2.98. The van der Waals surface area contributed by atoms with Crippen molar-refractivity contribution >= 4 is 23.8 Å². The molecule has 3 nitrogen and oxygen atoms in total. The van der Waals surface area contributed by atoms with Gasteiger partial charge in [-0.15, -0.1) is 6.42 Å². The number of nitrogens with one attached hydrogen (secondary N) is 2. The molecule has 1 aromatic heterocycles. The van der Waals surface area contributed by atoms with Gasteiger partial charge in [-0.3, -0.25) is 4.79 Å². The minimum Gasteiger partial charge on any atom is -0.352 e. The summed E-state index contributed by atoms with van der Waals surface area (Å²) >= 11 is 5.04. The maximum atomic E-state index is 12.0. The summed E-state index contributed by atoms with van der Waals surface area (Å²) < 4.78 is 0.406. The Morgan fingerprint density at radius 3 is 2.89 bits per heavy atom. The molecule has 0 saturated carbocycles. The number of aromatic nitrogens is 1. The zero-order valence-corrected chi connectivity index (χ0v) is 10.3. The van der Waals surface area contributed by atoms with Crippen LogP contribution in [0, 0.1) is 17.0 Å². The van der Waals surface area contributed by atoms with Gasteiger partial charge >= 0.3 is 0 Å². The summed E-state index contributed by atoms with van der Waals surface area (Å²) in [7, 11) is 0. The van der Waals surface area contributed by atoms with Gasteiger partial charge in [-0.25, -0.2) is 0 Å². The van der Waals surface area contributed by atoms with Crippen molar-refractivity contribution in [3.63, 3.8) is 0 Å². The minimum absolute atomic E-state index is 0.258. The number of rotatable bonds is 2. The van der Waals surface area contributed by atoms with Crippen LogP contribution in [-0.2, 0) is 0 Å². The standard InChI is InChI=1S/C14H10N2OS/c1-2-10-5-3-6-11(9-10)16-13(17)12-7-4-8-15-14(12)18/h1,3-9H,(H,15,18)(H,16,17). The molecule has 2 aromatic rings. The number of terminal acetylenes is 1. The van der Waals surface area contributed by atoms with Crippen molar-refractivity contribution in [1.82, 2.24) is 4.98 Å². The fourth-order valence-electron chi connectivity index (χ4n) is 1.49. The number of carbonyl (C=O) groups excluding carboxylic acids is 1. The fourth-order valence-corrected chi connectivity index (χ4v) is 1.71. The van der Waals surface area contributed by atoms with Crippen molar-refractivity contribution in [2.45, 2.75) is 0 Å². The monoisotopic (exact) mass is 254 g/mol. The first-order valence-corrected chi connectivity index (χ1v) is 5.67. The third-order valence-electron chi connectivity index (χ3n) is 2.35. The van der Waals surface area contributed by atoms with Crippen LogP contribution in [0.1, 0.15) is 15.9 Å². The van der Waals surface area contributed by atoms with Gasteiger partial charge in [0.15, 0.2) is 0 Å². The van der Waals surface area contributed by atoms with Gasteiger partial charge in [0.05, 0.1) is 5.56 Å². The Labute approximate surface area is 110 Å². The molecule has 0 saturated heterocycles. The summed E-state index contributed by atoms with van der Waals surface area (Å²) in [5.41, 5.74) is 1.79. The number of H-pyrrole nitrogens is 1. The lowest BCUT2D eigenvalue weighted by Gasteiger charge is -2.05. The van der Waals surface area contributed by atoms with E-state index in [4.69, 9.17) is 18.6 Å². The van der Waals surface area contributed by atoms with Crippen molar-refractivity contribution in [1.29, 1.82) is 0 Å². The normalized spacial score (nSPS) is 9.50. The fraction of sp³-hybridized carbons (Fsp3) is 0. The van der Waals surface area contributed by atoms with E-state index >= 15 is 0 Å². The third kappa shape index (κ3) is 2.65. The number of pyridine rings is 1. The summed E-state index contributed by atoms with van der Waals surface area (Å²) in [6, 6.07) is 10.5. The van der Waals surface area contributed by atoms with Crippen molar-refractivity contribution in [2.75, 3.05) is 5.32 Å². The number of hydrogen-bond donors (Lipinski definition) is 2. The van der Waals surface area contributed by atoms with E-state index in [1.165, 1.54) is 0 Å². The lowest BCUT2D eigenvalue weighted by molar-refractivity contribution is 0.102. The number of hydrogen-bond acceptors (Lipinski definition) is 2. The maximum absolute atomic E-state index is 12.0. The van der Waals surface area contributed by atoms with Gasteiger partial charge < -0.3 is 10.3 Å². The van der Waals surface area contributed by atoms with Crippen LogP contribution in [0.3, 0.4) is 0 Å². The van der Waals surface area contributed by atoms with Gasteiger partial charge in [0.1, 0.15) is 4.64 Å². The average molecular weight is 254 g/mol. The molecular formula is C14H10N2OS. The van der Waals surface area contributed by atoms with Gasteiger partial charge in [0, 0.05) is 17.4 Å². The van der Waals surface area contributed by atoms with E-state index in [2.05, 4.69) is 16.2 Å². The van der Waals surface area contributed by atoms with Crippen LogP contribution in [0.2, 0.25) is 0 Å². The highest BCUT2D eigenvalue weighted by Gasteiger charge is 2.07. The SMILES string of the molecule is C#Cc1cccc(NC(=O)c2ccc[nH]c2=S)c1. The lowest BCUT2D eigenvalue weighted by Crippen LogP contribution is -2.12. The Morgan fingerprint density at radius 2 is 2.17 bits per heavy atom. The van der Waals surface area contributed by atoms with Gasteiger partial charge in [-0.2, -0.15) is 0 Å². The molecule has 4 heteroatoms. The van der Waals surface area contributed by atoms with Crippen LogP contribution in [0.5, 0.6) is 0 Å². The summed E-state index contributed by atoms with van der Waals surface area (Å²) in [5, 5.41) is 2.75. The first kappa shape index (κ1) is 12.1. The average Bonchev–Trinajstić information content (AvgIpc) is 2.39. The molecule has 0 atom stereocenters.